The minimum absolute atomic E-state index is 0.0235. The first-order chi connectivity index (χ1) is 33.1. The number of aromatic nitrogens is 2. The molecule has 1 spiro atoms. The maximum atomic E-state index is 14.1. The summed E-state index contributed by atoms with van der Waals surface area (Å²) in [5, 5.41) is 26.5. The van der Waals surface area contributed by atoms with Gasteiger partial charge in [-0.2, -0.15) is 0 Å². The monoisotopic (exact) mass is 960 g/mol. The van der Waals surface area contributed by atoms with Crippen LogP contribution in [0.1, 0.15) is 106 Å². The summed E-state index contributed by atoms with van der Waals surface area (Å²) in [6.45, 7) is 13.3. The number of nitrogens with one attached hydrogen (secondary N) is 3. The Balaban J connectivity index is 0.836. The van der Waals surface area contributed by atoms with Gasteiger partial charge in [-0.15, -0.1) is 0 Å². The number of sulfonamides is 1. The first-order valence-corrected chi connectivity index (χ1v) is 26.1. The Kier molecular flexibility index (Phi) is 12.9. The maximum absolute atomic E-state index is 14.1. The van der Waals surface area contributed by atoms with Crippen LogP contribution in [0.4, 0.5) is 17.1 Å². The third kappa shape index (κ3) is 9.93. The summed E-state index contributed by atoms with van der Waals surface area (Å²) in [6, 6.07) is 22.8. The molecule has 366 valence electrons. The highest BCUT2D eigenvalue weighted by Crippen LogP contribution is 2.53. The number of pyridine rings is 1. The molecule has 3 saturated heterocycles. The predicted molar refractivity (Wildman–Crippen MR) is 264 cm³/mol. The van der Waals surface area contributed by atoms with Crippen LogP contribution in [0.25, 0.3) is 11.0 Å². The smallest absolute Gasteiger partial charge is 0.293 e. The zero-order valence-electron chi connectivity index (χ0n) is 39.7. The Labute approximate surface area is 404 Å². The molecule has 2 saturated carbocycles. The van der Waals surface area contributed by atoms with E-state index in [1.54, 1.807) is 30.6 Å². The molecule has 5 aromatic rings. The minimum Gasteiger partial charge on any atom is -0.455 e. The molecule has 2 aliphatic carbocycles. The van der Waals surface area contributed by atoms with Gasteiger partial charge in [0.15, 0.2) is 0 Å². The van der Waals surface area contributed by atoms with Crippen LogP contribution in [0.2, 0.25) is 0 Å². The van der Waals surface area contributed by atoms with Gasteiger partial charge in [0.1, 0.15) is 22.8 Å². The molecule has 2 aromatic heterocycles. The number of benzene rings is 3. The van der Waals surface area contributed by atoms with Crippen molar-refractivity contribution >= 4 is 44.0 Å². The Morgan fingerprint density at radius 1 is 0.986 bits per heavy atom. The SMILES string of the molecule is CC(C)c1ccccc1[C@@H]1CN(C2COC2)CCN1C1CC2(CCN(c3ccc(C(=O)NS(=O)(=O)c4ccc(NCC5CCC(C)(O)CC5)c([N+](=O)[O-])c4)c(Oc4cnc5[nH]ccc5c4)c3)CC2)C1. The molecule has 10 rings (SSSR count). The van der Waals surface area contributed by atoms with E-state index in [1.807, 2.05) is 19.1 Å². The second-order valence-electron chi connectivity index (χ2n) is 20.8. The zero-order valence-corrected chi connectivity index (χ0v) is 40.5. The van der Waals surface area contributed by atoms with Crippen molar-refractivity contribution in [1.82, 2.24) is 24.5 Å². The highest BCUT2D eigenvalue weighted by atomic mass is 32.2. The molecule has 16 nitrogen and oxygen atoms in total. The van der Waals surface area contributed by atoms with Crippen LogP contribution in [0, 0.1) is 21.4 Å². The number of piperazine rings is 1. The highest BCUT2D eigenvalue weighted by molar-refractivity contribution is 7.90. The second kappa shape index (κ2) is 19.0. The Hall–Kier alpha value is -5.59. The first-order valence-electron chi connectivity index (χ1n) is 24.6. The Morgan fingerprint density at radius 2 is 1.75 bits per heavy atom. The van der Waals surface area contributed by atoms with Crippen molar-refractivity contribution < 1.29 is 32.7 Å². The number of hydrogen-bond donors (Lipinski definition) is 4. The van der Waals surface area contributed by atoms with Crippen LogP contribution < -0.4 is 19.7 Å². The molecule has 1 atom stereocenters. The molecule has 5 fully saturated rings. The predicted octanol–water partition coefficient (Wildman–Crippen LogP) is 8.37. The lowest BCUT2D eigenvalue weighted by molar-refractivity contribution is -0.384. The third-order valence-electron chi connectivity index (χ3n) is 15.8. The standard InChI is InChI=1S/C52H64N8O8S/c1-34(2)42-6-4-5-7-43(42)47-31-58(39-32-67-33-39)22-23-59(47)38-27-52(28-38)17-20-57(21-18-52)37-8-10-44(48(25-37)68-40-24-36-14-19-53-49(36)55-30-40)50(61)56-69(65,66)41-9-11-45(46(26-41)60(63)64)54-29-35-12-15-51(3,62)16-13-35/h4-11,14,19,24-26,30,34-35,38-39,47,54,62H,12-13,15-18,20-23,27-29,31-33H2,1-3H3,(H,53,55)(H,56,61)/t35?,47-,51?/m0/s1. The number of carbonyl (C=O) groups is 1. The molecule has 5 aliphatic rings. The molecule has 1 amide bonds. The molecule has 0 radical (unpaired) electrons. The number of amides is 1. The van der Waals surface area contributed by atoms with E-state index in [9.17, 15) is 28.4 Å². The Bertz CT molecular complexity index is 2800. The van der Waals surface area contributed by atoms with E-state index in [0.29, 0.717) is 54.8 Å². The number of H-pyrrole nitrogens is 1. The van der Waals surface area contributed by atoms with Crippen LogP contribution in [-0.2, 0) is 14.8 Å². The number of carbonyl (C=O) groups excluding carboxylic acids is 1. The van der Waals surface area contributed by atoms with E-state index in [0.717, 1.165) is 102 Å². The number of aromatic amines is 1. The summed E-state index contributed by atoms with van der Waals surface area (Å²) in [4.78, 5) is 40.5. The van der Waals surface area contributed by atoms with Gasteiger partial charge in [0, 0.05) is 80.8 Å². The first kappa shape index (κ1) is 47.1. The van der Waals surface area contributed by atoms with Crippen LogP contribution in [-0.4, -0.2) is 114 Å². The van der Waals surface area contributed by atoms with Crippen LogP contribution in [0.3, 0.4) is 0 Å². The number of nitro groups is 1. The third-order valence-corrected chi connectivity index (χ3v) is 17.2. The summed E-state index contributed by atoms with van der Waals surface area (Å²) < 4.78 is 41.8. The van der Waals surface area contributed by atoms with Gasteiger partial charge in [-0.25, -0.2) is 18.1 Å². The molecule has 17 heteroatoms. The average Bonchev–Trinajstić information content (AvgIpc) is 3.78. The van der Waals surface area contributed by atoms with Crippen molar-refractivity contribution in [1.29, 1.82) is 0 Å². The van der Waals surface area contributed by atoms with E-state index >= 15 is 0 Å². The van der Waals surface area contributed by atoms with Crippen LogP contribution in [0.5, 0.6) is 11.5 Å². The molecule has 0 bridgehead atoms. The van der Waals surface area contributed by atoms with Gasteiger partial charge in [0.25, 0.3) is 21.6 Å². The topological polar surface area (TPSA) is 195 Å². The summed E-state index contributed by atoms with van der Waals surface area (Å²) in [5.41, 5.74) is 3.68. The number of anilines is 2. The number of hydrogen-bond acceptors (Lipinski definition) is 13. The van der Waals surface area contributed by atoms with Gasteiger partial charge in [-0.05, 0) is 123 Å². The van der Waals surface area contributed by atoms with Gasteiger partial charge in [0.2, 0.25) is 0 Å². The van der Waals surface area contributed by atoms with E-state index in [1.165, 1.54) is 23.3 Å². The lowest BCUT2D eigenvalue weighted by Gasteiger charge is -2.59. The number of rotatable bonds is 14. The van der Waals surface area contributed by atoms with E-state index in [2.05, 4.69) is 72.8 Å². The number of nitrogens with zero attached hydrogens (tertiary/aromatic N) is 5. The lowest BCUT2D eigenvalue weighted by Crippen LogP contribution is -2.62. The average molecular weight is 961 g/mol. The molecule has 3 aromatic carbocycles. The largest absolute Gasteiger partial charge is 0.455 e. The fourth-order valence-corrected chi connectivity index (χ4v) is 12.5. The van der Waals surface area contributed by atoms with Crippen molar-refractivity contribution in [3.05, 3.63) is 112 Å². The lowest BCUT2D eigenvalue weighted by atomic mass is 9.59. The summed E-state index contributed by atoms with van der Waals surface area (Å²) >= 11 is 0. The molecular formula is C52H64N8O8S. The number of fused-ring (bicyclic) bond motifs is 1. The summed E-state index contributed by atoms with van der Waals surface area (Å²) in [7, 11) is -4.58. The number of aliphatic hydroxyl groups is 1. The van der Waals surface area contributed by atoms with Gasteiger partial charge in [-0.1, -0.05) is 38.1 Å². The highest BCUT2D eigenvalue weighted by Gasteiger charge is 2.50. The summed E-state index contributed by atoms with van der Waals surface area (Å²) in [6.07, 6.45) is 10.5. The van der Waals surface area contributed by atoms with Crippen LogP contribution in [0.15, 0.2) is 90.1 Å². The van der Waals surface area contributed by atoms with Crippen molar-refractivity contribution in [2.24, 2.45) is 11.3 Å². The number of nitro benzene ring substituents is 1. The summed E-state index contributed by atoms with van der Waals surface area (Å²) in [5.74, 6) is 0.216. The van der Waals surface area contributed by atoms with Gasteiger partial charge in [-0.3, -0.25) is 24.7 Å². The number of ether oxygens (including phenoxy) is 2. The second-order valence-corrected chi connectivity index (χ2v) is 22.5. The van der Waals surface area contributed by atoms with Crippen molar-refractivity contribution in [3.63, 3.8) is 0 Å². The maximum Gasteiger partial charge on any atom is 0.293 e. The molecule has 69 heavy (non-hydrogen) atoms. The van der Waals surface area contributed by atoms with Gasteiger partial charge >= 0.3 is 0 Å². The molecule has 5 heterocycles. The van der Waals surface area contributed by atoms with Crippen molar-refractivity contribution in [2.75, 3.05) is 62.7 Å². The molecule has 4 N–H and O–H groups in total. The van der Waals surface area contributed by atoms with Crippen molar-refractivity contribution in [2.45, 2.75) is 107 Å². The number of piperidine rings is 1. The molecule has 3 aliphatic heterocycles. The fourth-order valence-electron chi connectivity index (χ4n) is 11.5. The van der Waals surface area contributed by atoms with E-state index in [4.69, 9.17) is 9.47 Å². The quantitative estimate of drug-likeness (QED) is 0.0613. The van der Waals surface area contributed by atoms with Crippen LogP contribution >= 0.6 is 0 Å². The molecule has 0 unspecified atom stereocenters. The minimum atomic E-state index is -4.58. The van der Waals surface area contributed by atoms with Crippen molar-refractivity contribution in [3.8, 4) is 11.5 Å². The van der Waals surface area contributed by atoms with E-state index in [-0.39, 0.29) is 28.3 Å². The fraction of sp³-hybridized carbons (Fsp3) is 0.500. The van der Waals surface area contributed by atoms with Gasteiger partial charge < -0.3 is 29.8 Å². The Morgan fingerprint density at radius 3 is 2.48 bits per heavy atom. The zero-order chi connectivity index (χ0) is 48.1. The van der Waals surface area contributed by atoms with E-state index < -0.39 is 37.0 Å². The molecular weight excluding hydrogens is 897 g/mol. The normalized spacial score (nSPS) is 23.7. The van der Waals surface area contributed by atoms with Gasteiger partial charge in [0.05, 0.1) is 46.4 Å².